The zero-order valence-electron chi connectivity index (χ0n) is 14.9. The molecule has 4 nitrogen and oxygen atoms in total. The zero-order chi connectivity index (χ0) is 18.7. The number of hydrogen-bond donors (Lipinski definition) is 1. The molecule has 0 unspecified atom stereocenters. The third-order valence-electron chi connectivity index (χ3n) is 4.76. The molecule has 0 atom stereocenters. The van der Waals surface area contributed by atoms with Gasteiger partial charge in [0.25, 0.3) is 0 Å². The summed E-state index contributed by atoms with van der Waals surface area (Å²) in [5.41, 5.74) is 0.583. The van der Waals surface area contributed by atoms with Crippen molar-refractivity contribution in [2.24, 2.45) is 0 Å². The summed E-state index contributed by atoms with van der Waals surface area (Å²) in [7, 11) is 0. The Morgan fingerprint density at radius 3 is 2.31 bits per heavy atom. The molecule has 1 saturated heterocycles. The summed E-state index contributed by atoms with van der Waals surface area (Å²) in [4.78, 5) is 11.2. The normalized spacial score (nSPS) is 16.8. The fourth-order valence-corrected chi connectivity index (χ4v) is 3.16. The number of anilines is 1. The van der Waals surface area contributed by atoms with Crippen LogP contribution in [-0.4, -0.2) is 40.0 Å². The maximum absolute atomic E-state index is 12.7. The predicted molar refractivity (Wildman–Crippen MR) is 95.8 cm³/mol. The first-order chi connectivity index (χ1) is 12.3. The van der Waals surface area contributed by atoms with E-state index in [9.17, 15) is 13.2 Å². The number of piperidine rings is 1. The van der Waals surface area contributed by atoms with Crippen molar-refractivity contribution < 1.29 is 13.2 Å². The number of nitrogens with one attached hydrogen (secondary N) is 1. The highest BCUT2D eigenvalue weighted by atomic mass is 19.4. The zero-order valence-corrected chi connectivity index (χ0v) is 14.9. The van der Waals surface area contributed by atoms with Gasteiger partial charge in [-0.05, 0) is 44.9 Å². The Balaban J connectivity index is 1.67. The van der Waals surface area contributed by atoms with Crippen LogP contribution in [0.5, 0.6) is 0 Å². The first-order valence-corrected chi connectivity index (χ1v) is 8.84. The lowest BCUT2D eigenvalue weighted by Crippen LogP contribution is -2.42. The standard InChI is InChI=1S/C19H23F3N4/c1-13(2)26-11-8-16(9-12-26)24-18-23-10-7-17(25-18)14-3-5-15(6-4-14)19(20,21)22/h3-7,10,13,16H,8-9,11-12H2,1-2H3,(H,23,24,25). The van der Waals surface area contributed by atoms with E-state index in [0.717, 1.165) is 38.1 Å². The quantitative estimate of drug-likeness (QED) is 0.870. The summed E-state index contributed by atoms with van der Waals surface area (Å²) in [6, 6.07) is 7.60. The highest BCUT2D eigenvalue weighted by Crippen LogP contribution is 2.30. The third-order valence-corrected chi connectivity index (χ3v) is 4.76. The van der Waals surface area contributed by atoms with Gasteiger partial charge < -0.3 is 10.2 Å². The van der Waals surface area contributed by atoms with Crippen molar-refractivity contribution >= 4 is 5.95 Å². The lowest BCUT2D eigenvalue weighted by Gasteiger charge is -2.34. The van der Waals surface area contributed by atoms with Gasteiger partial charge >= 0.3 is 6.18 Å². The molecule has 26 heavy (non-hydrogen) atoms. The van der Waals surface area contributed by atoms with Crippen molar-refractivity contribution in [3.8, 4) is 11.3 Å². The van der Waals surface area contributed by atoms with Gasteiger partial charge in [-0.25, -0.2) is 9.97 Å². The van der Waals surface area contributed by atoms with E-state index in [4.69, 9.17) is 0 Å². The molecule has 1 N–H and O–H groups in total. The fraction of sp³-hybridized carbons (Fsp3) is 0.474. The molecule has 0 amide bonds. The molecule has 140 valence electrons. The number of alkyl halides is 3. The van der Waals surface area contributed by atoms with Crippen LogP contribution in [-0.2, 0) is 6.18 Å². The Morgan fingerprint density at radius 1 is 1.08 bits per heavy atom. The Labute approximate surface area is 151 Å². The molecule has 1 aliphatic heterocycles. The minimum Gasteiger partial charge on any atom is -0.351 e. The van der Waals surface area contributed by atoms with Crippen LogP contribution in [0, 0.1) is 0 Å². The van der Waals surface area contributed by atoms with Crippen LogP contribution in [0.2, 0.25) is 0 Å². The van der Waals surface area contributed by atoms with Crippen LogP contribution in [0.3, 0.4) is 0 Å². The van der Waals surface area contributed by atoms with Gasteiger partial charge in [0.2, 0.25) is 5.95 Å². The molecule has 0 aliphatic carbocycles. The average molecular weight is 364 g/mol. The molecule has 0 bridgehead atoms. The second-order valence-corrected chi connectivity index (χ2v) is 6.89. The molecule has 0 spiro atoms. The molecular weight excluding hydrogens is 341 g/mol. The number of aromatic nitrogens is 2. The summed E-state index contributed by atoms with van der Waals surface area (Å²) >= 11 is 0. The van der Waals surface area contributed by atoms with Gasteiger partial charge in [-0.2, -0.15) is 13.2 Å². The Bertz CT molecular complexity index is 720. The summed E-state index contributed by atoms with van der Waals surface area (Å²) in [5.74, 6) is 0.519. The molecule has 0 radical (unpaired) electrons. The van der Waals surface area contributed by atoms with Crippen LogP contribution in [0.25, 0.3) is 11.3 Å². The Morgan fingerprint density at radius 2 is 1.73 bits per heavy atom. The largest absolute Gasteiger partial charge is 0.416 e. The van der Waals surface area contributed by atoms with Crippen LogP contribution in [0.15, 0.2) is 36.5 Å². The van der Waals surface area contributed by atoms with E-state index in [1.54, 1.807) is 12.3 Å². The molecule has 1 fully saturated rings. The van der Waals surface area contributed by atoms with Crippen molar-refractivity contribution in [3.63, 3.8) is 0 Å². The molecule has 3 rings (SSSR count). The van der Waals surface area contributed by atoms with E-state index in [2.05, 4.69) is 34.0 Å². The predicted octanol–water partition coefficient (Wildman–Crippen LogP) is 4.45. The highest BCUT2D eigenvalue weighted by molar-refractivity contribution is 5.60. The monoisotopic (exact) mass is 364 g/mol. The van der Waals surface area contributed by atoms with E-state index in [-0.39, 0.29) is 0 Å². The third kappa shape index (κ3) is 4.52. The van der Waals surface area contributed by atoms with Crippen molar-refractivity contribution in [1.29, 1.82) is 0 Å². The maximum Gasteiger partial charge on any atom is 0.416 e. The second kappa shape index (κ2) is 7.61. The number of hydrogen-bond acceptors (Lipinski definition) is 4. The van der Waals surface area contributed by atoms with Gasteiger partial charge in [0.15, 0.2) is 0 Å². The smallest absolute Gasteiger partial charge is 0.351 e. The lowest BCUT2D eigenvalue weighted by atomic mass is 10.0. The molecule has 1 aliphatic rings. The minimum atomic E-state index is -4.33. The summed E-state index contributed by atoms with van der Waals surface area (Å²) in [6.07, 6.45) is -0.661. The van der Waals surface area contributed by atoms with Gasteiger partial charge in [-0.3, -0.25) is 0 Å². The van der Waals surface area contributed by atoms with Gasteiger partial charge in [-0.1, -0.05) is 12.1 Å². The second-order valence-electron chi connectivity index (χ2n) is 6.89. The number of likely N-dealkylation sites (tertiary alicyclic amines) is 1. The molecule has 2 aromatic rings. The van der Waals surface area contributed by atoms with Crippen molar-refractivity contribution in [2.45, 2.75) is 44.9 Å². The molecule has 7 heteroatoms. The van der Waals surface area contributed by atoms with Crippen molar-refractivity contribution in [1.82, 2.24) is 14.9 Å². The average Bonchev–Trinajstić information content (AvgIpc) is 2.62. The van der Waals surface area contributed by atoms with Gasteiger partial charge in [0, 0.05) is 36.9 Å². The van der Waals surface area contributed by atoms with Crippen LogP contribution >= 0.6 is 0 Å². The number of rotatable bonds is 4. The first-order valence-electron chi connectivity index (χ1n) is 8.84. The number of nitrogens with zero attached hydrogens (tertiary/aromatic N) is 3. The molecule has 1 aromatic heterocycles. The van der Waals surface area contributed by atoms with Crippen LogP contribution < -0.4 is 5.32 Å². The van der Waals surface area contributed by atoms with Gasteiger partial charge in [0.1, 0.15) is 0 Å². The van der Waals surface area contributed by atoms with Gasteiger partial charge in [0.05, 0.1) is 11.3 Å². The van der Waals surface area contributed by atoms with E-state index in [1.807, 2.05) is 0 Å². The fourth-order valence-electron chi connectivity index (χ4n) is 3.16. The van der Waals surface area contributed by atoms with Gasteiger partial charge in [-0.15, -0.1) is 0 Å². The first kappa shape index (κ1) is 18.6. The topological polar surface area (TPSA) is 41.0 Å². The van der Waals surface area contributed by atoms with Crippen LogP contribution in [0.4, 0.5) is 19.1 Å². The summed E-state index contributed by atoms with van der Waals surface area (Å²) in [6.45, 7) is 6.47. The molecule has 1 aromatic carbocycles. The van der Waals surface area contributed by atoms with E-state index in [0.29, 0.717) is 29.3 Å². The van der Waals surface area contributed by atoms with Crippen molar-refractivity contribution in [3.05, 3.63) is 42.1 Å². The Hall–Kier alpha value is -2.15. The molecular formula is C19H23F3N4. The summed E-state index contributed by atoms with van der Waals surface area (Å²) < 4.78 is 38.1. The number of benzene rings is 1. The van der Waals surface area contributed by atoms with Crippen LogP contribution in [0.1, 0.15) is 32.3 Å². The lowest BCUT2D eigenvalue weighted by molar-refractivity contribution is -0.137. The van der Waals surface area contributed by atoms with Crippen molar-refractivity contribution in [2.75, 3.05) is 18.4 Å². The minimum absolute atomic E-state index is 0.313. The Kier molecular flexibility index (Phi) is 5.46. The SMILES string of the molecule is CC(C)N1CCC(Nc2nccc(-c3ccc(C(F)(F)F)cc3)n2)CC1. The maximum atomic E-state index is 12.7. The van der Waals surface area contributed by atoms with E-state index in [1.165, 1.54) is 12.1 Å². The van der Waals surface area contributed by atoms with E-state index >= 15 is 0 Å². The number of halogens is 3. The molecule has 2 heterocycles. The summed E-state index contributed by atoms with van der Waals surface area (Å²) in [5, 5.41) is 3.36. The molecule has 0 saturated carbocycles. The highest BCUT2D eigenvalue weighted by Gasteiger charge is 2.30. The van der Waals surface area contributed by atoms with E-state index < -0.39 is 11.7 Å².